The van der Waals surface area contributed by atoms with Crippen molar-refractivity contribution < 1.29 is 15.0 Å². The Morgan fingerprint density at radius 3 is 2.62 bits per heavy atom. The lowest BCUT2D eigenvalue weighted by Crippen LogP contribution is -2.31. The molecular weight excluding hydrogens is 476 g/mol. The number of anilines is 2. The number of aliphatic hydroxyl groups excluding tert-OH is 2. The number of halogens is 1. The molecule has 2 aromatic carbocycles. The van der Waals surface area contributed by atoms with Crippen molar-refractivity contribution in [3.05, 3.63) is 80.2 Å². The number of benzene rings is 2. The van der Waals surface area contributed by atoms with E-state index in [1.165, 1.54) is 10.8 Å². The molecule has 4 aromatic rings. The van der Waals surface area contributed by atoms with Crippen LogP contribution in [0.3, 0.4) is 0 Å². The fraction of sp³-hybridized carbons (Fsp3) is 0.250. The van der Waals surface area contributed by atoms with Gasteiger partial charge in [-0.3, -0.25) is 14.2 Å². The van der Waals surface area contributed by atoms with Crippen LogP contribution in [-0.2, 0) is 17.8 Å². The maximum Gasteiger partial charge on any atom is 0.258 e. The molecule has 0 radical (unpaired) electrons. The third-order valence-corrected chi connectivity index (χ3v) is 6.57. The van der Waals surface area contributed by atoms with Crippen LogP contribution in [-0.4, -0.2) is 43.7 Å². The number of rotatable bonds is 9. The second kappa shape index (κ2) is 10.4. The summed E-state index contributed by atoms with van der Waals surface area (Å²) in [5, 5.41) is 23.3. The van der Waals surface area contributed by atoms with Gasteiger partial charge in [-0.25, -0.2) is 9.97 Å². The lowest BCUT2D eigenvalue weighted by Gasteiger charge is -2.16. The highest BCUT2D eigenvalue weighted by molar-refractivity contribution is 7.18. The number of ketones is 1. The van der Waals surface area contributed by atoms with Gasteiger partial charge in [-0.1, -0.05) is 23.7 Å². The summed E-state index contributed by atoms with van der Waals surface area (Å²) in [6.07, 6.45) is 1.13. The maximum atomic E-state index is 13.4. The lowest BCUT2D eigenvalue weighted by molar-refractivity contribution is -0.124. The van der Waals surface area contributed by atoms with Gasteiger partial charge < -0.3 is 15.5 Å². The highest BCUT2D eigenvalue weighted by Gasteiger charge is 2.20. The number of hydrogen-bond acceptors (Lipinski definition) is 8. The molecule has 0 bridgehead atoms. The minimum atomic E-state index is -0.934. The van der Waals surface area contributed by atoms with Crippen molar-refractivity contribution in [2.45, 2.75) is 19.9 Å². The molecule has 0 unspecified atom stereocenters. The predicted octanol–water partition coefficient (Wildman–Crippen LogP) is 3.32. The van der Waals surface area contributed by atoms with E-state index >= 15 is 0 Å². The Morgan fingerprint density at radius 2 is 1.91 bits per heavy atom. The zero-order chi connectivity index (χ0) is 24.2. The van der Waals surface area contributed by atoms with Gasteiger partial charge in [0, 0.05) is 28.9 Å². The van der Waals surface area contributed by atoms with Crippen LogP contribution in [0.1, 0.15) is 16.1 Å². The van der Waals surface area contributed by atoms with Crippen molar-refractivity contribution >= 4 is 50.6 Å². The fourth-order valence-electron chi connectivity index (χ4n) is 3.51. The number of hydrogen-bond donors (Lipinski definition) is 3. The zero-order valence-electron chi connectivity index (χ0n) is 18.4. The van der Waals surface area contributed by atoms with Crippen LogP contribution < -0.4 is 10.9 Å². The van der Waals surface area contributed by atoms with E-state index in [0.29, 0.717) is 11.0 Å². The Kier molecular flexibility index (Phi) is 7.38. The molecule has 8 nitrogen and oxygen atoms in total. The minimum absolute atomic E-state index is 0.185. The third kappa shape index (κ3) is 5.34. The van der Waals surface area contributed by atoms with Gasteiger partial charge in [0.25, 0.3) is 5.56 Å². The Labute approximate surface area is 204 Å². The largest absolute Gasteiger partial charge is 0.396 e. The molecule has 0 saturated heterocycles. The van der Waals surface area contributed by atoms with E-state index in [0.717, 1.165) is 26.5 Å². The van der Waals surface area contributed by atoms with Crippen LogP contribution >= 0.6 is 22.9 Å². The van der Waals surface area contributed by atoms with Gasteiger partial charge >= 0.3 is 0 Å². The van der Waals surface area contributed by atoms with Crippen LogP contribution in [0.4, 0.5) is 11.6 Å². The normalized spacial score (nSPS) is 11.3. The molecule has 0 aliphatic rings. The van der Waals surface area contributed by atoms with E-state index in [-0.39, 0.29) is 24.1 Å². The Morgan fingerprint density at radius 1 is 1.18 bits per heavy atom. The average molecular weight is 499 g/mol. The smallest absolute Gasteiger partial charge is 0.258 e. The summed E-state index contributed by atoms with van der Waals surface area (Å²) in [6.45, 7) is 1.18. The quantitative estimate of drug-likeness (QED) is 0.324. The molecule has 0 atom stereocenters. The summed E-state index contributed by atoms with van der Waals surface area (Å²) in [6, 6.07) is 12.8. The molecule has 176 valence electrons. The first kappa shape index (κ1) is 24.0. The molecule has 0 amide bonds. The van der Waals surface area contributed by atoms with Crippen LogP contribution in [0.15, 0.2) is 53.5 Å². The summed E-state index contributed by atoms with van der Waals surface area (Å²) in [7, 11) is 0. The number of carbonyl (C=O) groups is 1. The monoisotopic (exact) mass is 498 g/mol. The minimum Gasteiger partial charge on any atom is -0.396 e. The van der Waals surface area contributed by atoms with E-state index in [1.54, 1.807) is 23.5 Å². The molecule has 0 aliphatic carbocycles. The van der Waals surface area contributed by atoms with Gasteiger partial charge in [-0.15, -0.1) is 11.3 Å². The van der Waals surface area contributed by atoms with E-state index in [1.807, 2.05) is 37.3 Å². The van der Waals surface area contributed by atoms with Crippen molar-refractivity contribution in [1.82, 2.24) is 14.5 Å². The van der Waals surface area contributed by atoms with Gasteiger partial charge in [0.05, 0.1) is 40.9 Å². The second-order valence-electron chi connectivity index (χ2n) is 7.87. The van der Waals surface area contributed by atoms with Gasteiger partial charge in [-0.2, -0.15) is 0 Å². The summed E-state index contributed by atoms with van der Waals surface area (Å²) in [4.78, 5) is 34.7. The number of carbonyl (C=O) groups excluding carboxylic acids is 1. The molecule has 4 rings (SSSR count). The summed E-state index contributed by atoms with van der Waals surface area (Å²) >= 11 is 7.57. The first-order chi connectivity index (χ1) is 16.4. The maximum absolute atomic E-state index is 13.4. The predicted molar refractivity (Wildman–Crippen MR) is 133 cm³/mol. The molecule has 10 heteroatoms. The number of nitrogens with one attached hydrogen (secondary N) is 1. The number of nitrogens with zero attached hydrogens (tertiary/aromatic N) is 3. The highest BCUT2D eigenvalue weighted by atomic mass is 35.5. The highest BCUT2D eigenvalue weighted by Crippen LogP contribution is 2.26. The molecule has 0 saturated carbocycles. The van der Waals surface area contributed by atoms with Crippen molar-refractivity contribution in [2.75, 3.05) is 18.5 Å². The Hall–Kier alpha value is -3.11. The number of thiazole rings is 1. The van der Waals surface area contributed by atoms with Crippen LogP contribution in [0.25, 0.3) is 10.2 Å². The van der Waals surface area contributed by atoms with Crippen molar-refractivity contribution in [3.63, 3.8) is 0 Å². The van der Waals surface area contributed by atoms with Gasteiger partial charge in [0.15, 0.2) is 0 Å². The molecule has 0 aliphatic heterocycles. The average Bonchev–Trinajstić information content (AvgIpc) is 3.19. The van der Waals surface area contributed by atoms with Crippen molar-refractivity contribution in [2.24, 2.45) is 5.92 Å². The van der Waals surface area contributed by atoms with E-state index in [4.69, 9.17) is 11.6 Å². The zero-order valence-corrected chi connectivity index (χ0v) is 19.9. The molecule has 2 aromatic heterocycles. The SMILES string of the molecule is Cc1nc2ccc(Nc3ncc(CC(=O)C(CO)CO)c(=O)n3Cc3ccc(Cl)cc3)cc2s1. The number of aliphatic hydroxyl groups is 2. The van der Waals surface area contributed by atoms with Crippen LogP contribution in [0.2, 0.25) is 5.02 Å². The second-order valence-corrected chi connectivity index (χ2v) is 9.54. The molecule has 2 heterocycles. The number of aryl methyl sites for hydroxylation is 1. The van der Waals surface area contributed by atoms with Crippen LogP contribution in [0.5, 0.6) is 0 Å². The summed E-state index contributed by atoms with van der Waals surface area (Å²) < 4.78 is 2.47. The standard InChI is InChI=1S/C24H23ClN4O4S/c1-14-27-20-7-6-19(9-22(20)34-14)28-24-26-10-16(8-21(32)17(12-30)13-31)23(33)29(24)11-15-2-4-18(25)5-3-15/h2-7,9-10,17,30-31H,8,11-13H2,1H3,(H,26,28). The number of aromatic nitrogens is 3. The summed E-state index contributed by atoms with van der Waals surface area (Å²) in [5.41, 5.74) is 2.28. The fourth-order valence-corrected chi connectivity index (χ4v) is 4.51. The number of fused-ring (bicyclic) bond motifs is 1. The van der Waals surface area contributed by atoms with Crippen LogP contribution in [0, 0.1) is 12.8 Å². The molecule has 3 N–H and O–H groups in total. The van der Waals surface area contributed by atoms with E-state index in [9.17, 15) is 19.8 Å². The third-order valence-electron chi connectivity index (χ3n) is 5.38. The summed E-state index contributed by atoms with van der Waals surface area (Å²) in [5.74, 6) is -1.04. The Balaban J connectivity index is 1.71. The molecule has 0 fully saturated rings. The molecular formula is C24H23ClN4O4S. The first-order valence-electron chi connectivity index (χ1n) is 10.6. The molecule has 34 heavy (non-hydrogen) atoms. The van der Waals surface area contributed by atoms with E-state index in [2.05, 4.69) is 15.3 Å². The topological polar surface area (TPSA) is 117 Å². The Bertz CT molecular complexity index is 1380. The van der Waals surface area contributed by atoms with Crippen molar-refractivity contribution in [3.8, 4) is 0 Å². The number of Topliss-reactive ketones (excluding diaryl/α,β-unsaturated/α-hetero) is 1. The van der Waals surface area contributed by atoms with E-state index < -0.39 is 24.9 Å². The van der Waals surface area contributed by atoms with Crippen molar-refractivity contribution in [1.29, 1.82) is 0 Å². The van der Waals surface area contributed by atoms with Gasteiger partial charge in [-0.05, 0) is 42.8 Å². The van der Waals surface area contributed by atoms with Gasteiger partial charge in [0.1, 0.15) is 5.78 Å². The first-order valence-corrected chi connectivity index (χ1v) is 11.8. The lowest BCUT2D eigenvalue weighted by atomic mass is 10.0. The molecule has 0 spiro atoms. The van der Waals surface area contributed by atoms with Gasteiger partial charge in [0.2, 0.25) is 5.95 Å².